The molecule has 1 N–H and O–H groups in total. The summed E-state index contributed by atoms with van der Waals surface area (Å²) in [5, 5.41) is 2.83. The molecule has 5 heteroatoms. The molecule has 1 aromatic rings. The van der Waals surface area contributed by atoms with Gasteiger partial charge in [0.2, 0.25) is 0 Å². The molecule has 1 unspecified atom stereocenters. The second kappa shape index (κ2) is 5.78. The summed E-state index contributed by atoms with van der Waals surface area (Å²) in [5.74, 6) is -0.826. The SMILES string of the molecule is Fc1cc(Br)cc(F)c1NCC1CCCOC1. The normalized spacial score (nSPS) is 20.3. The third kappa shape index (κ3) is 3.39. The Bertz CT molecular complexity index is 371. The van der Waals surface area contributed by atoms with E-state index in [9.17, 15) is 8.78 Å². The zero-order chi connectivity index (χ0) is 12.3. The van der Waals surface area contributed by atoms with Crippen LogP contribution in [0.4, 0.5) is 14.5 Å². The molecule has 0 amide bonds. The maximum Gasteiger partial charge on any atom is 0.150 e. The van der Waals surface area contributed by atoms with Crippen molar-refractivity contribution in [2.24, 2.45) is 5.92 Å². The van der Waals surface area contributed by atoms with Gasteiger partial charge in [0.25, 0.3) is 0 Å². The maximum atomic E-state index is 13.5. The second-order valence-corrected chi connectivity index (χ2v) is 5.12. The zero-order valence-electron chi connectivity index (χ0n) is 9.31. The van der Waals surface area contributed by atoms with Gasteiger partial charge in [-0.3, -0.25) is 0 Å². The molecule has 1 saturated heterocycles. The van der Waals surface area contributed by atoms with Gasteiger partial charge in [-0.15, -0.1) is 0 Å². The summed E-state index contributed by atoms with van der Waals surface area (Å²) in [6.07, 6.45) is 2.05. The molecule has 0 aromatic heterocycles. The molecule has 1 aliphatic rings. The van der Waals surface area contributed by atoms with E-state index in [2.05, 4.69) is 21.2 Å². The average Bonchev–Trinajstić information content (AvgIpc) is 2.29. The molecule has 1 aliphatic heterocycles. The van der Waals surface area contributed by atoms with Gasteiger partial charge in [0.15, 0.2) is 0 Å². The number of halogens is 3. The Kier molecular flexibility index (Phi) is 4.34. The molecule has 0 radical (unpaired) electrons. The molecule has 2 rings (SSSR count). The highest BCUT2D eigenvalue weighted by Gasteiger charge is 2.16. The molecule has 17 heavy (non-hydrogen) atoms. The molecule has 2 nitrogen and oxygen atoms in total. The lowest BCUT2D eigenvalue weighted by molar-refractivity contribution is 0.0594. The van der Waals surface area contributed by atoms with Crippen molar-refractivity contribution in [1.82, 2.24) is 0 Å². The summed E-state index contributed by atoms with van der Waals surface area (Å²) >= 11 is 3.05. The van der Waals surface area contributed by atoms with Crippen molar-refractivity contribution < 1.29 is 13.5 Å². The first-order chi connectivity index (χ1) is 8.16. The number of nitrogens with one attached hydrogen (secondary N) is 1. The topological polar surface area (TPSA) is 21.3 Å². The summed E-state index contributed by atoms with van der Waals surface area (Å²) < 4.78 is 32.7. The first-order valence-electron chi connectivity index (χ1n) is 5.63. The quantitative estimate of drug-likeness (QED) is 0.922. The largest absolute Gasteiger partial charge is 0.381 e. The Hall–Kier alpha value is -0.680. The monoisotopic (exact) mass is 305 g/mol. The minimum atomic E-state index is -0.575. The van der Waals surface area contributed by atoms with Crippen LogP contribution in [0.3, 0.4) is 0 Å². The fourth-order valence-corrected chi connectivity index (χ4v) is 2.33. The molecule has 0 aliphatic carbocycles. The first-order valence-corrected chi connectivity index (χ1v) is 6.42. The minimum absolute atomic E-state index is 0.0567. The predicted octanol–water partition coefficient (Wildman–Crippen LogP) is 3.57. The number of benzene rings is 1. The van der Waals surface area contributed by atoms with Crippen LogP contribution < -0.4 is 5.32 Å². The Morgan fingerprint density at radius 1 is 1.35 bits per heavy atom. The Morgan fingerprint density at radius 3 is 2.65 bits per heavy atom. The van der Waals surface area contributed by atoms with E-state index in [1.807, 2.05) is 0 Å². The van der Waals surface area contributed by atoms with Crippen molar-refractivity contribution in [3.05, 3.63) is 28.2 Å². The van der Waals surface area contributed by atoms with E-state index in [0.29, 0.717) is 23.5 Å². The van der Waals surface area contributed by atoms with E-state index in [1.165, 1.54) is 12.1 Å². The molecule has 1 fully saturated rings. The fraction of sp³-hybridized carbons (Fsp3) is 0.500. The van der Waals surface area contributed by atoms with Gasteiger partial charge in [0.05, 0.1) is 6.61 Å². The van der Waals surface area contributed by atoms with Gasteiger partial charge in [-0.05, 0) is 30.9 Å². The van der Waals surface area contributed by atoms with Gasteiger partial charge in [-0.1, -0.05) is 15.9 Å². The molecular weight excluding hydrogens is 292 g/mol. The van der Waals surface area contributed by atoms with Gasteiger partial charge in [0, 0.05) is 17.6 Å². The third-order valence-corrected chi connectivity index (χ3v) is 3.29. The molecular formula is C12H14BrF2NO. The number of hydrogen-bond acceptors (Lipinski definition) is 2. The van der Waals surface area contributed by atoms with Crippen LogP contribution >= 0.6 is 15.9 Å². The van der Waals surface area contributed by atoms with Crippen LogP contribution in [0.25, 0.3) is 0 Å². The lowest BCUT2D eigenvalue weighted by atomic mass is 10.0. The van der Waals surface area contributed by atoms with Gasteiger partial charge in [-0.25, -0.2) is 8.78 Å². The zero-order valence-corrected chi connectivity index (χ0v) is 10.9. The highest BCUT2D eigenvalue weighted by molar-refractivity contribution is 9.10. The number of ether oxygens (including phenoxy) is 1. The Labute approximate surface area is 107 Å². The lowest BCUT2D eigenvalue weighted by Gasteiger charge is -2.22. The number of hydrogen-bond donors (Lipinski definition) is 1. The molecule has 94 valence electrons. The summed E-state index contributed by atoms with van der Waals surface area (Å²) in [4.78, 5) is 0. The van der Waals surface area contributed by atoms with E-state index >= 15 is 0 Å². The standard InChI is InChI=1S/C12H14BrF2NO/c13-9-4-10(14)12(11(15)5-9)16-6-8-2-1-3-17-7-8/h4-5,8,16H,1-3,6-7H2. The predicted molar refractivity (Wildman–Crippen MR) is 66.1 cm³/mol. The van der Waals surface area contributed by atoms with Crippen molar-refractivity contribution in [3.8, 4) is 0 Å². The maximum absolute atomic E-state index is 13.5. The second-order valence-electron chi connectivity index (χ2n) is 4.21. The Morgan fingerprint density at radius 2 is 2.06 bits per heavy atom. The van der Waals surface area contributed by atoms with Crippen molar-refractivity contribution in [2.75, 3.05) is 25.1 Å². The van der Waals surface area contributed by atoms with Gasteiger partial charge in [0.1, 0.15) is 17.3 Å². The average molecular weight is 306 g/mol. The van der Waals surface area contributed by atoms with Crippen LogP contribution in [0.5, 0.6) is 0 Å². The summed E-state index contributed by atoms with van der Waals surface area (Å²) in [5.41, 5.74) is -0.0567. The van der Waals surface area contributed by atoms with E-state index in [4.69, 9.17) is 4.74 Å². The highest BCUT2D eigenvalue weighted by atomic mass is 79.9. The number of rotatable bonds is 3. The summed E-state index contributed by atoms with van der Waals surface area (Å²) in [6.45, 7) is 1.99. The fourth-order valence-electron chi connectivity index (χ4n) is 1.93. The molecule has 1 atom stereocenters. The van der Waals surface area contributed by atoms with Crippen LogP contribution in [-0.2, 0) is 4.74 Å². The summed E-state index contributed by atoms with van der Waals surface area (Å²) in [7, 11) is 0. The smallest absolute Gasteiger partial charge is 0.150 e. The first kappa shape index (κ1) is 12.8. The van der Waals surface area contributed by atoms with Crippen molar-refractivity contribution >= 4 is 21.6 Å². The van der Waals surface area contributed by atoms with Crippen LogP contribution in [0.1, 0.15) is 12.8 Å². The molecule has 0 spiro atoms. The summed E-state index contributed by atoms with van der Waals surface area (Å²) in [6, 6.07) is 2.51. The van der Waals surface area contributed by atoms with Crippen LogP contribution in [-0.4, -0.2) is 19.8 Å². The molecule has 0 saturated carbocycles. The molecule has 0 bridgehead atoms. The van der Waals surface area contributed by atoms with Gasteiger partial charge >= 0.3 is 0 Å². The Balaban J connectivity index is 1.98. The van der Waals surface area contributed by atoms with Gasteiger partial charge in [-0.2, -0.15) is 0 Å². The van der Waals surface area contributed by atoms with Crippen LogP contribution in [0, 0.1) is 17.6 Å². The number of anilines is 1. The highest BCUT2D eigenvalue weighted by Crippen LogP contribution is 2.24. The van der Waals surface area contributed by atoms with E-state index < -0.39 is 11.6 Å². The lowest BCUT2D eigenvalue weighted by Crippen LogP contribution is -2.24. The van der Waals surface area contributed by atoms with E-state index in [1.54, 1.807) is 0 Å². The third-order valence-electron chi connectivity index (χ3n) is 2.83. The van der Waals surface area contributed by atoms with E-state index in [-0.39, 0.29) is 5.69 Å². The molecule has 1 heterocycles. The van der Waals surface area contributed by atoms with Crippen molar-refractivity contribution in [1.29, 1.82) is 0 Å². The van der Waals surface area contributed by atoms with Crippen molar-refractivity contribution in [2.45, 2.75) is 12.8 Å². The van der Waals surface area contributed by atoms with E-state index in [0.717, 1.165) is 19.4 Å². The minimum Gasteiger partial charge on any atom is -0.381 e. The van der Waals surface area contributed by atoms with Crippen LogP contribution in [0.2, 0.25) is 0 Å². The van der Waals surface area contributed by atoms with Crippen molar-refractivity contribution in [3.63, 3.8) is 0 Å². The van der Waals surface area contributed by atoms with Crippen LogP contribution in [0.15, 0.2) is 16.6 Å². The van der Waals surface area contributed by atoms with Gasteiger partial charge < -0.3 is 10.1 Å². The molecule has 1 aromatic carbocycles.